The molecule has 0 aliphatic rings. The third-order valence-corrected chi connectivity index (χ3v) is 2.32. The maximum atomic E-state index is 11.6. The fraction of sp³-hybridized carbons (Fsp3) is 0.333. The highest BCUT2D eigenvalue weighted by molar-refractivity contribution is 5.89. The summed E-state index contributed by atoms with van der Waals surface area (Å²) in [5, 5.41) is 0. The zero-order valence-corrected chi connectivity index (χ0v) is 11.2. The molecule has 5 nitrogen and oxygen atoms in total. The summed E-state index contributed by atoms with van der Waals surface area (Å²) in [6.07, 6.45) is 1.97. The Morgan fingerprint density at radius 1 is 1.00 bits per heavy atom. The van der Waals surface area contributed by atoms with Crippen LogP contribution in [0.5, 0.6) is 0 Å². The van der Waals surface area contributed by atoms with Crippen molar-refractivity contribution < 1.29 is 23.8 Å². The normalized spacial score (nSPS) is 9.60. The van der Waals surface area contributed by atoms with E-state index in [0.29, 0.717) is 25.0 Å². The fourth-order valence-electron chi connectivity index (χ4n) is 1.35. The van der Waals surface area contributed by atoms with E-state index in [-0.39, 0.29) is 19.2 Å². The Balaban J connectivity index is 2.04. The molecule has 0 atom stereocenters. The topological polar surface area (TPSA) is 61.8 Å². The number of carbonyl (C=O) groups excluding carboxylic acids is 2. The Kier molecular flexibility index (Phi) is 7.57. The molecule has 0 spiro atoms. The Morgan fingerprint density at radius 2 is 1.65 bits per heavy atom. The van der Waals surface area contributed by atoms with Crippen LogP contribution in [0.2, 0.25) is 0 Å². The number of unbranched alkanes of at least 4 members (excludes halogenated alkanes) is 1. The van der Waals surface area contributed by atoms with Crippen molar-refractivity contribution in [3.8, 4) is 0 Å². The maximum Gasteiger partial charge on any atom is 0.508 e. The molecule has 0 fully saturated rings. The largest absolute Gasteiger partial charge is 0.508 e. The Bertz CT molecular complexity index is 427. The molecule has 1 rings (SSSR count). The summed E-state index contributed by atoms with van der Waals surface area (Å²) in [7, 11) is 0. The number of carbonyl (C=O) groups is 2. The molecule has 0 unspecified atom stereocenters. The molecule has 0 aromatic heterocycles. The van der Waals surface area contributed by atoms with Crippen LogP contribution in [0.3, 0.4) is 0 Å². The predicted octanol–water partition coefficient (Wildman–Crippen LogP) is 2.96. The van der Waals surface area contributed by atoms with E-state index in [0.717, 1.165) is 0 Å². The molecule has 0 aliphatic carbocycles. The average Bonchev–Trinajstić information content (AvgIpc) is 2.49. The van der Waals surface area contributed by atoms with Crippen molar-refractivity contribution in [1.82, 2.24) is 0 Å². The molecule has 0 saturated heterocycles. The molecule has 0 saturated carbocycles. The zero-order valence-electron chi connectivity index (χ0n) is 11.2. The van der Waals surface area contributed by atoms with E-state index in [1.165, 1.54) is 6.08 Å². The minimum Gasteiger partial charge on any atom is -0.462 e. The SMILES string of the molecule is C=CCOC(=O)OCCCCOC(=O)c1ccccc1. The third kappa shape index (κ3) is 6.58. The van der Waals surface area contributed by atoms with Gasteiger partial charge in [0.15, 0.2) is 0 Å². The van der Waals surface area contributed by atoms with Crippen LogP contribution in [0, 0.1) is 0 Å². The summed E-state index contributed by atoms with van der Waals surface area (Å²) >= 11 is 0. The molecule has 1 aromatic carbocycles. The van der Waals surface area contributed by atoms with Crippen LogP contribution in [0.25, 0.3) is 0 Å². The third-order valence-electron chi connectivity index (χ3n) is 2.32. The van der Waals surface area contributed by atoms with Crippen molar-refractivity contribution >= 4 is 12.1 Å². The lowest BCUT2D eigenvalue weighted by atomic mass is 10.2. The smallest absolute Gasteiger partial charge is 0.462 e. The minimum absolute atomic E-state index is 0.132. The number of hydrogen-bond donors (Lipinski definition) is 0. The first kappa shape index (κ1) is 15.8. The van der Waals surface area contributed by atoms with Gasteiger partial charge in [-0.2, -0.15) is 0 Å². The minimum atomic E-state index is -0.716. The molecule has 0 aliphatic heterocycles. The van der Waals surface area contributed by atoms with Gasteiger partial charge in [-0.15, -0.1) is 0 Å². The molecule has 5 heteroatoms. The molecule has 20 heavy (non-hydrogen) atoms. The Labute approximate surface area is 118 Å². The number of rotatable bonds is 8. The lowest BCUT2D eigenvalue weighted by Crippen LogP contribution is -2.10. The van der Waals surface area contributed by atoms with Gasteiger partial charge in [0.25, 0.3) is 0 Å². The molecule has 1 aromatic rings. The summed E-state index contributed by atoms with van der Waals surface area (Å²) in [5.41, 5.74) is 0.525. The van der Waals surface area contributed by atoms with Crippen LogP contribution in [0.1, 0.15) is 23.2 Å². The maximum absolute atomic E-state index is 11.6. The summed E-state index contributed by atoms with van der Waals surface area (Å²) in [6.45, 7) is 4.07. The van der Waals surface area contributed by atoms with E-state index in [4.69, 9.17) is 9.47 Å². The van der Waals surface area contributed by atoms with E-state index in [1.54, 1.807) is 24.3 Å². The molecule has 0 heterocycles. The van der Waals surface area contributed by atoms with Crippen molar-refractivity contribution in [3.05, 3.63) is 48.6 Å². The van der Waals surface area contributed by atoms with Gasteiger partial charge < -0.3 is 14.2 Å². The van der Waals surface area contributed by atoms with E-state index in [9.17, 15) is 9.59 Å². The fourth-order valence-corrected chi connectivity index (χ4v) is 1.35. The van der Waals surface area contributed by atoms with Gasteiger partial charge in [0, 0.05) is 0 Å². The number of esters is 1. The number of ether oxygens (including phenoxy) is 3. The molecule has 0 bridgehead atoms. The lowest BCUT2D eigenvalue weighted by molar-refractivity contribution is 0.0455. The molecular weight excluding hydrogens is 260 g/mol. The molecular formula is C15H18O5. The van der Waals surface area contributed by atoms with Crippen LogP contribution in [0.15, 0.2) is 43.0 Å². The highest BCUT2D eigenvalue weighted by Crippen LogP contribution is 2.02. The summed E-state index contributed by atoms with van der Waals surface area (Å²) in [4.78, 5) is 22.5. The molecule has 0 N–H and O–H groups in total. The predicted molar refractivity (Wildman–Crippen MR) is 73.5 cm³/mol. The first-order valence-corrected chi connectivity index (χ1v) is 6.36. The van der Waals surface area contributed by atoms with Crippen LogP contribution in [0.4, 0.5) is 4.79 Å². The van der Waals surface area contributed by atoms with Gasteiger partial charge in [-0.1, -0.05) is 30.9 Å². The zero-order chi connectivity index (χ0) is 14.6. The van der Waals surface area contributed by atoms with E-state index in [1.807, 2.05) is 6.07 Å². The van der Waals surface area contributed by atoms with Crippen LogP contribution < -0.4 is 0 Å². The Hall–Kier alpha value is -2.30. The molecule has 0 amide bonds. The molecule has 0 radical (unpaired) electrons. The van der Waals surface area contributed by atoms with Gasteiger partial charge in [-0.05, 0) is 25.0 Å². The van der Waals surface area contributed by atoms with E-state index < -0.39 is 6.16 Å². The number of benzene rings is 1. The van der Waals surface area contributed by atoms with Crippen molar-refractivity contribution in [2.45, 2.75) is 12.8 Å². The van der Waals surface area contributed by atoms with Crippen LogP contribution in [-0.2, 0) is 14.2 Å². The quantitative estimate of drug-likeness (QED) is 0.415. The second-order valence-electron chi connectivity index (χ2n) is 3.91. The average molecular weight is 278 g/mol. The highest BCUT2D eigenvalue weighted by atomic mass is 16.7. The van der Waals surface area contributed by atoms with Gasteiger partial charge in [-0.3, -0.25) is 0 Å². The van der Waals surface area contributed by atoms with Crippen molar-refractivity contribution in [2.75, 3.05) is 19.8 Å². The monoisotopic (exact) mass is 278 g/mol. The van der Waals surface area contributed by atoms with Crippen molar-refractivity contribution in [3.63, 3.8) is 0 Å². The van der Waals surface area contributed by atoms with Gasteiger partial charge >= 0.3 is 12.1 Å². The summed E-state index contributed by atoms with van der Waals surface area (Å²) < 4.78 is 14.5. The van der Waals surface area contributed by atoms with Gasteiger partial charge in [0.05, 0.1) is 18.8 Å². The molecule has 108 valence electrons. The van der Waals surface area contributed by atoms with Crippen LogP contribution in [-0.4, -0.2) is 31.9 Å². The number of hydrogen-bond acceptors (Lipinski definition) is 5. The summed E-state index contributed by atoms with van der Waals surface area (Å²) in [6, 6.07) is 8.78. The van der Waals surface area contributed by atoms with Gasteiger partial charge in [0.1, 0.15) is 6.61 Å². The Morgan fingerprint density at radius 3 is 2.30 bits per heavy atom. The van der Waals surface area contributed by atoms with Crippen LogP contribution >= 0.6 is 0 Å². The summed E-state index contributed by atoms with van der Waals surface area (Å²) in [5.74, 6) is -0.350. The first-order chi connectivity index (χ1) is 9.74. The lowest BCUT2D eigenvalue weighted by Gasteiger charge is -2.06. The standard InChI is InChI=1S/C15H18O5/c1-2-10-19-15(17)20-12-7-6-11-18-14(16)13-8-4-3-5-9-13/h2-5,8-9H,1,6-7,10-12H2. The van der Waals surface area contributed by atoms with E-state index in [2.05, 4.69) is 11.3 Å². The van der Waals surface area contributed by atoms with Gasteiger partial charge in [0.2, 0.25) is 0 Å². The van der Waals surface area contributed by atoms with Crippen molar-refractivity contribution in [2.24, 2.45) is 0 Å². The second-order valence-corrected chi connectivity index (χ2v) is 3.91. The van der Waals surface area contributed by atoms with E-state index >= 15 is 0 Å². The highest BCUT2D eigenvalue weighted by Gasteiger charge is 2.05. The van der Waals surface area contributed by atoms with Crippen molar-refractivity contribution in [1.29, 1.82) is 0 Å². The second kappa shape index (κ2) is 9.61. The van der Waals surface area contributed by atoms with Gasteiger partial charge in [-0.25, -0.2) is 9.59 Å². The first-order valence-electron chi connectivity index (χ1n) is 6.36.